The van der Waals surface area contributed by atoms with Gasteiger partial charge in [-0.2, -0.15) is 4.31 Å². The van der Waals surface area contributed by atoms with Crippen LogP contribution in [0.5, 0.6) is 0 Å². The standard InChI is InChI=1S/C18H23N3O5S2/c1-5-21(6-2)28(23,24)15-9-7-8-14(12-15)16-19-20-18(26-16)27-11-10-13(3)17(22)25-4/h7-10,12H,5-6,11H2,1-4H3/b13-10-. The first-order valence-electron chi connectivity index (χ1n) is 8.65. The number of methoxy groups -OCH3 is 1. The van der Waals surface area contributed by atoms with Crippen LogP contribution in [-0.2, 0) is 19.6 Å². The molecule has 0 bridgehead atoms. The van der Waals surface area contributed by atoms with E-state index in [0.717, 1.165) is 0 Å². The van der Waals surface area contributed by atoms with Gasteiger partial charge in [0.2, 0.25) is 15.9 Å². The third-order valence-electron chi connectivity index (χ3n) is 3.93. The minimum atomic E-state index is -3.57. The number of sulfonamides is 1. The van der Waals surface area contributed by atoms with E-state index < -0.39 is 16.0 Å². The third-order valence-corrected chi connectivity index (χ3v) is 6.73. The summed E-state index contributed by atoms with van der Waals surface area (Å²) in [5.74, 6) is 0.296. The molecule has 1 aromatic heterocycles. The van der Waals surface area contributed by atoms with Gasteiger partial charge in [-0.15, -0.1) is 10.2 Å². The van der Waals surface area contributed by atoms with Gasteiger partial charge in [-0.05, 0) is 25.1 Å². The zero-order chi connectivity index (χ0) is 20.7. The van der Waals surface area contributed by atoms with Gasteiger partial charge < -0.3 is 9.15 Å². The molecule has 2 rings (SSSR count). The molecule has 10 heteroatoms. The molecule has 0 radical (unpaired) electrons. The predicted octanol–water partition coefficient (Wildman–Crippen LogP) is 2.98. The van der Waals surface area contributed by atoms with Gasteiger partial charge in [0.05, 0.1) is 12.0 Å². The fraction of sp³-hybridized carbons (Fsp3) is 0.389. The van der Waals surface area contributed by atoms with E-state index in [1.807, 2.05) is 0 Å². The number of hydrogen-bond acceptors (Lipinski definition) is 8. The Morgan fingerprint density at radius 2 is 2.00 bits per heavy atom. The summed E-state index contributed by atoms with van der Waals surface area (Å²) in [6.45, 7) is 6.03. The second kappa shape index (κ2) is 9.85. The summed E-state index contributed by atoms with van der Waals surface area (Å²) >= 11 is 1.26. The molecule has 0 unspecified atom stereocenters. The molecule has 0 amide bonds. The van der Waals surface area contributed by atoms with Crippen LogP contribution in [0.3, 0.4) is 0 Å². The molecule has 0 aliphatic rings. The van der Waals surface area contributed by atoms with Crippen molar-refractivity contribution in [1.82, 2.24) is 14.5 Å². The van der Waals surface area contributed by atoms with Crippen LogP contribution in [-0.4, -0.2) is 54.8 Å². The van der Waals surface area contributed by atoms with Crippen molar-refractivity contribution < 1.29 is 22.4 Å². The first-order chi connectivity index (χ1) is 13.3. The number of carbonyl (C=O) groups is 1. The Bertz CT molecular complexity index is 950. The fourth-order valence-corrected chi connectivity index (χ4v) is 4.59. The Balaban J connectivity index is 2.17. The maximum Gasteiger partial charge on any atom is 0.333 e. The van der Waals surface area contributed by atoms with Crippen molar-refractivity contribution in [1.29, 1.82) is 0 Å². The fourth-order valence-electron chi connectivity index (χ4n) is 2.37. The lowest BCUT2D eigenvalue weighted by atomic mass is 10.2. The molecule has 1 aromatic carbocycles. The average molecular weight is 426 g/mol. The highest BCUT2D eigenvalue weighted by Crippen LogP contribution is 2.26. The van der Waals surface area contributed by atoms with Gasteiger partial charge in [0.25, 0.3) is 5.22 Å². The molecule has 1 heterocycles. The van der Waals surface area contributed by atoms with E-state index in [2.05, 4.69) is 14.9 Å². The lowest BCUT2D eigenvalue weighted by molar-refractivity contribution is -0.136. The van der Waals surface area contributed by atoms with Crippen molar-refractivity contribution in [3.8, 4) is 11.5 Å². The van der Waals surface area contributed by atoms with E-state index in [9.17, 15) is 13.2 Å². The second-order valence-corrected chi connectivity index (χ2v) is 8.59. The predicted molar refractivity (Wildman–Crippen MR) is 106 cm³/mol. The largest absolute Gasteiger partial charge is 0.466 e. The molecular formula is C18H23N3O5S2. The average Bonchev–Trinajstić information content (AvgIpc) is 3.17. The lowest BCUT2D eigenvalue weighted by Gasteiger charge is -2.18. The van der Waals surface area contributed by atoms with Crippen molar-refractivity contribution in [3.05, 3.63) is 35.9 Å². The Hall–Kier alpha value is -2.17. The monoisotopic (exact) mass is 425 g/mol. The highest BCUT2D eigenvalue weighted by molar-refractivity contribution is 7.99. The normalized spacial score (nSPS) is 12.4. The first kappa shape index (κ1) is 22.1. The van der Waals surface area contributed by atoms with E-state index in [-0.39, 0.29) is 10.8 Å². The summed E-state index contributed by atoms with van der Waals surface area (Å²) in [7, 11) is -2.25. The molecule has 0 fully saturated rings. The summed E-state index contributed by atoms with van der Waals surface area (Å²) in [6.07, 6.45) is 1.71. The van der Waals surface area contributed by atoms with Crippen LogP contribution in [0.2, 0.25) is 0 Å². The van der Waals surface area contributed by atoms with Gasteiger partial charge in [-0.25, -0.2) is 13.2 Å². The maximum atomic E-state index is 12.7. The van der Waals surface area contributed by atoms with Gasteiger partial charge in [0, 0.05) is 30.0 Å². The topological polar surface area (TPSA) is 103 Å². The van der Waals surface area contributed by atoms with Gasteiger partial charge in [0.1, 0.15) is 0 Å². The summed E-state index contributed by atoms with van der Waals surface area (Å²) in [6, 6.07) is 6.43. The molecule has 0 spiro atoms. The van der Waals surface area contributed by atoms with Crippen LogP contribution in [0.15, 0.2) is 50.4 Å². The quantitative estimate of drug-likeness (QED) is 0.343. The molecule has 0 atom stereocenters. The van der Waals surface area contributed by atoms with Crippen molar-refractivity contribution in [2.75, 3.05) is 26.0 Å². The second-order valence-electron chi connectivity index (χ2n) is 5.68. The Morgan fingerprint density at radius 1 is 1.29 bits per heavy atom. The Labute approximate surface area is 169 Å². The van der Waals surface area contributed by atoms with Gasteiger partial charge in [-0.3, -0.25) is 0 Å². The lowest BCUT2D eigenvalue weighted by Crippen LogP contribution is -2.30. The maximum absolute atomic E-state index is 12.7. The zero-order valence-electron chi connectivity index (χ0n) is 16.2. The van der Waals surface area contributed by atoms with E-state index in [1.54, 1.807) is 45.0 Å². The molecule has 0 aliphatic heterocycles. The minimum Gasteiger partial charge on any atom is -0.466 e. The molecule has 2 aromatic rings. The minimum absolute atomic E-state index is 0.178. The van der Waals surface area contributed by atoms with Crippen LogP contribution in [0.1, 0.15) is 20.8 Å². The highest BCUT2D eigenvalue weighted by atomic mass is 32.2. The molecule has 0 saturated heterocycles. The number of carbonyl (C=O) groups excluding carboxylic acids is 1. The summed E-state index contributed by atoms with van der Waals surface area (Å²) < 4.78 is 37.0. The zero-order valence-corrected chi connectivity index (χ0v) is 17.8. The van der Waals surface area contributed by atoms with Crippen LogP contribution < -0.4 is 0 Å². The van der Waals surface area contributed by atoms with Crippen molar-refractivity contribution in [2.24, 2.45) is 0 Å². The van der Waals surface area contributed by atoms with Crippen LogP contribution >= 0.6 is 11.8 Å². The SMILES string of the molecule is CCN(CC)S(=O)(=O)c1cccc(-c2nnc(SC/C=C(/C)C(=O)OC)o2)c1. The van der Waals surface area contributed by atoms with Crippen molar-refractivity contribution in [2.45, 2.75) is 30.9 Å². The smallest absolute Gasteiger partial charge is 0.333 e. The first-order valence-corrected chi connectivity index (χ1v) is 11.1. The van der Waals surface area contributed by atoms with E-state index in [1.165, 1.54) is 29.2 Å². The summed E-state index contributed by atoms with van der Waals surface area (Å²) in [5, 5.41) is 8.26. The van der Waals surface area contributed by atoms with Gasteiger partial charge >= 0.3 is 5.97 Å². The number of ether oxygens (including phenoxy) is 1. The molecule has 0 saturated carbocycles. The highest BCUT2D eigenvalue weighted by Gasteiger charge is 2.22. The molecule has 8 nitrogen and oxygen atoms in total. The van der Waals surface area contributed by atoms with E-state index in [0.29, 0.717) is 35.2 Å². The van der Waals surface area contributed by atoms with Crippen LogP contribution in [0.4, 0.5) is 0 Å². The summed E-state index contributed by atoms with van der Waals surface area (Å²) in [5.41, 5.74) is 1.01. The number of nitrogens with zero attached hydrogens (tertiary/aromatic N) is 3. The molecular weight excluding hydrogens is 402 g/mol. The molecule has 0 aliphatic carbocycles. The number of rotatable bonds is 9. The molecule has 152 valence electrons. The summed E-state index contributed by atoms with van der Waals surface area (Å²) in [4.78, 5) is 11.5. The number of benzene rings is 1. The Kier molecular flexibility index (Phi) is 7.78. The number of esters is 1. The van der Waals surface area contributed by atoms with Gasteiger partial charge in [-0.1, -0.05) is 37.8 Å². The van der Waals surface area contributed by atoms with Crippen LogP contribution in [0.25, 0.3) is 11.5 Å². The number of thioether (sulfide) groups is 1. The van der Waals surface area contributed by atoms with Gasteiger partial charge in [0.15, 0.2) is 0 Å². The van der Waals surface area contributed by atoms with Crippen molar-refractivity contribution in [3.63, 3.8) is 0 Å². The Morgan fingerprint density at radius 3 is 2.64 bits per heavy atom. The van der Waals surface area contributed by atoms with Crippen molar-refractivity contribution >= 4 is 27.8 Å². The third kappa shape index (κ3) is 5.21. The van der Waals surface area contributed by atoms with E-state index >= 15 is 0 Å². The number of aromatic nitrogens is 2. The molecule has 0 N–H and O–H groups in total. The number of hydrogen-bond donors (Lipinski definition) is 0. The molecule has 28 heavy (non-hydrogen) atoms. The van der Waals surface area contributed by atoms with Crippen LogP contribution in [0, 0.1) is 0 Å². The van der Waals surface area contributed by atoms with E-state index in [4.69, 9.17) is 4.42 Å².